The van der Waals surface area contributed by atoms with Crippen LogP contribution in [0, 0.1) is 5.92 Å². The number of carboxylic acid groups (broad SMARTS) is 1. The predicted molar refractivity (Wildman–Crippen MR) is 101 cm³/mol. The van der Waals surface area contributed by atoms with Gasteiger partial charge in [0.15, 0.2) is 5.43 Å². The van der Waals surface area contributed by atoms with E-state index in [1.165, 1.54) is 19.4 Å². The Kier molecular flexibility index (Phi) is 6.32. The summed E-state index contributed by atoms with van der Waals surface area (Å²) in [7, 11) is 1.50. The molecule has 0 bridgehead atoms. The van der Waals surface area contributed by atoms with E-state index in [1.807, 2.05) is 0 Å². The third kappa shape index (κ3) is 4.38. The lowest BCUT2D eigenvalue weighted by Gasteiger charge is -2.13. The summed E-state index contributed by atoms with van der Waals surface area (Å²) in [6, 6.07) is 4.59. The number of hydrogen-bond donors (Lipinski definition) is 1. The van der Waals surface area contributed by atoms with Crippen LogP contribution in [0.3, 0.4) is 0 Å². The summed E-state index contributed by atoms with van der Waals surface area (Å²) >= 11 is 6.14. The summed E-state index contributed by atoms with van der Waals surface area (Å²) in [5, 5.41) is 9.45. The molecule has 0 aliphatic carbocycles. The zero-order valence-corrected chi connectivity index (χ0v) is 16.0. The molecule has 2 aromatic rings. The van der Waals surface area contributed by atoms with Gasteiger partial charge in [0.25, 0.3) is 0 Å². The number of nitrogens with zero attached hydrogens (tertiary/aromatic N) is 1. The van der Waals surface area contributed by atoms with Crippen LogP contribution in [0.5, 0.6) is 11.5 Å². The first-order valence-corrected chi connectivity index (χ1v) is 8.60. The molecule has 0 spiro atoms. The number of halogens is 1. The first kappa shape index (κ1) is 19.8. The van der Waals surface area contributed by atoms with Crippen LogP contribution in [0.15, 0.2) is 29.2 Å². The molecule has 6 nitrogen and oxygen atoms in total. The van der Waals surface area contributed by atoms with Gasteiger partial charge in [-0.3, -0.25) is 4.79 Å². The minimum absolute atomic E-state index is 0.271. The fourth-order valence-electron chi connectivity index (χ4n) is 2.42. The van der Waals surface area contributed by atoms with Crippen molar-refractivity contribution in [2.75, 3.05) is 13.7 Å². The van der Waals surface area contributed by atoms with Gasteiger partial charge in [-0.1, -0.05) is 32.4 Å². The van der Waals surface area contributed by atoms with E-state index < -0.39 is 11.4 Å². The molecule has 140 valence electrons. The van der Waals surface area contributed by atoms with Crippen molar-refractivity contribution in [3.63, 3.8) is 0 Å². The second kappa shape index (κ2) is 8.27. The Labute approximate surface area is 156 Å². The summed E-state index contributed by atoms with van der Waals surface area (Å²) in [4.78, 5) is 23.1. The molecule has 0 radical (unpaired) electrons. The van der Waals surface area contributed by atoms with Crippen molar-refractivity contribution < 1.29 is 19.4 Å². The van der Waals surface area contributed by atoms with Gasteiger partial charge in [-0.25, -0.2) is 4.79 Å². The fourth-order valence-corrected chi connectivity index (χ4v) is 2.66. The molecular weight excluding hydrogens is 358 g/mol. The van der Waals surface area contributed by atoms with Gasteiger partial charge in [0.1, 0.15) is 23.7 Å². The monoisotopic (exact) mass is 379 g/mol. The zero-order valence-electron chi connectivity index (χ0n) is 15.2. The molecular formula is C19H22ClNO5. The summed E-state index contributed by atoms with van der Waals surface area (Å²) in [6.07, 6.45) is 1.33. The normalized spacial score (nSPS) is 12.1. The van der Waals surface area contributed by atoms with Crippen LogP contribution in [-0.4, -0.2) is 29.4 Å². The maximum atomic E-state index is 12.0. The van der Waals surface area contributed by atoms with E-state index in [0.29, 0.717) is 40.9 Å². The van der Waals surface area contributed by atoms with Gasteiger partial charge in [0.2, 0.25) is 0 Å². The van der Waals surface area contributed by atoms with Crippen molar-refractivity contribution in [3.05, 3.63) is 45.2 Å². The fraction of sp³-hybridized carbons (Fsp3) is 0.368. The van der Waals surface area contributed by atoms with Crippen molar-refractivity contribution in [1.29, 1.82) is 0 Å². The molecule has 0 amide bonds. The molecule has 0 atom stereocenters. The molecule has 1 aromatic carbocycles. The first-order chi connectivity index (χ1) is 12.2. The predicted octanol–water partition coefficient (Wildman–Crippen LogP) is 3.93. The number of carbonyl (C=O) groups is 1. The maximum Gasteiger partial charge on any atom is 0.341 e. The van der Waals surface area contributed by atoms with Crippen LogP contribution in [0.25, 0.3) is 11.3 Å². The Balaban J connectivity index is 0.000000552. The highest BCUT2D eigenvalue weighted by molar-refractivity contribution is 6.32. The first-order valence-electron chi connectivity index (χ1n) is 8.23. The van der Waals surface area contributed by atoms with Gasteiger partial charge in [-0.2, -0.15) is 0 Å². The number of ether oxygens (including phenoxy) is 2. The molecule has 7 heteroatoms. The smallest absolute Gasteiger partial charge is 0.341 e. The highest BCUT2D eigenvalue weighted by Gasteiger charge is 2.20. The van der Waals surface area contributed by atoms with Crippen molar-refractivity contribution in [1.82, 2.24) is 4.57 Å². The number of rotatable bonds is 2. The van der Waals surface area contributed by atoms with E-state index in [-0.39, 0.29) is 5.56 Å². The molecule has 0 fully saturated rings. The van der Waals surface area contributed by atoms with Crippen LogP contribution < -0.4 is 14.9 Å². The molecule has 1 aliphatic heterocycles. The SMILES string of the molecule is CC(C)C.COc1cc2c(cc1Cl)-c1cc(=O)c(C(=O)O)cn1CCO2. The quantitative estimate of drug-likeness (QED) is 0.855. The summed E-state index contributed by atoms with van der Waals surface area (Å²) in [5.74, 6) is 0.590. The van der Waals surface area contributed by atoms with E-state index >= 15 is 0 Å². The van der Waals surface area contributed by atoms with Gasteiger partial charge < -0.3 is 19.1 Å². The minimum Gasteiger partial charge on any atom is -0.495 e. The Morgan fingerprint density at radius 3 is 2.54 bits per heavy atom. The number of aromatic carboxylic acids is 1. The van der Waals surface area contributed by atoms with Gasteiger partial charge in [-0.05, 0) is 12.0 Å². The number of carboxylic acids is 1. The zero-order chi connectivity index (χ0) is 19.4. The Morgan fingerprint density at radius 1 is 1.31 bits per heavy atom. The molecule has 0 saturated heterocycles. The minimum atomic E-state index is -1.25. The van der Waals surface area contributed by atoms with Crippen molar-refractivity contribution in [3.8, 4) is 22.8 Å². The molecule has 0 saturated carbocycles. The number of aromatic nitrogens is 1. The van der Waals surface area contributed by atoms with Crippen molar-refractivity contribution in [2.24, 2.45) is 5.92 Å². The lowest BCUT2D eigenvalue weighted by atomic mass is 10.1. The number of methoxy groups -OCH3 is 1. The standard InChI is InChI=1S/C15H12ClNO5.C4H10/c1-21-14-6-13-8(4-10(14)16)11-5-12(18)9(15(19)20)7-17(11)2-3-22-13;1-4(2)3/h4-7H,2-3H2,1H3,(H,19,20);4H,1-3H3. The number of fused-ring (bicyclic) bond motifs is 3. The van der Waals surface area contributed by atoms with E-state index in [2.05, 4.69) is 20.8 Å². The number of benzene rings is 1. The summed E-state index contributed by atoms with van der Waals surface area (Å²) in [6.45, 7) is 7.26. The molecule has 2 heterocycles. The molecule has 1 aromatic heterocycles. The highest BCUT2D eigenvalue weighted by Crippen LogP contribution is 2.39. The third-order valence-corrected chi connectivity index (χ3v) is 3.77. The third-order valence-electron chi connectivity index (χ3n) is 3.48. The average Bonchev–Trinajstić information content (AvgIpc) is 2.71. The molecule has 1 aliphatic rings. The summed E-state index contributed by atoms with van der Waals surface area (Å²) in [5.41, 5.74) is 0.356. The highest BCUT2D eigenvalue weighted by atomic mass is 35.5. The largest absolute Gasteiger partial charge is 0.495 e. The second-order valence-electron chi connectivity index (χ2n) is 6.50. The van der Waals surface area contributed by atoms with Crippen LogP contribution >= 0.6 is 11.6 Å². The molecule has 1 N–H and O–H groups in total. The lowest BCUT2D eigenvalue weighted by Crippen LogP contribution is -2.19. The van der Waals surface area contributed by atoms with Crippen molar-refractivity contribution in [2.45, 2.75) is 27.3 Å². The van der Waals surface area contributed by atoms with Crippen LogP contribution in [-0.2, 0) is 6.54 Å². The Hall–Kier alpha value is -2.47. The van der Waals surface area contributed by atoms with Gasteiger partial charge in [0, 0.05) is 23.9 Å². The topological polar surface area (TPSA) is 77.8 Å². The molecule has 3 rings (SSSR count). The van der Waals surface area contributed by atoms with Crippen molar-refractivity contribution >= 4 is 17.6 Å². The van der Waals surface area contributed by atoms with E-state index in [1.54, 1.807) is 16.7 Å². The van der Waals surface area contributed by atoms with Gasteiger partial charge >= 0.3 is 5.97 Å². The molecule has 26 heavy (non-hydrogen) atoms. The number of hydrogen-bond acceptors (Lipinski definition) is 4. The van der Waals surface area contributed by atoms with Gasteiger partial charge in [0.05, 0.1) is 24.4 Å². The Morgan fingerprint density at radius 2 is 1.96 bits per heavy atom. The average molecular weight is 380 g/mol. The maximum absolute atomic E-state index is 12.0. The van der Waals surface area contributed by atoms with E-state index in [4.69, 9.17) is 26.2 Å². The van der Waals surface area contributed by atoms with Crippen LogP contribution in [0.1, 0.15) is 31.1 Å². The van der Waals surface area contributed by atoms with Crippen LogP contribution in [0.2, 0.25) is 5.02 Å². The Bertz CT molecular complexity index is 870. The van der Waals surface area contributed by atoms with E-state index in [9.17, 15) is 9.59 Å². The van der Waals surface area contributed by atoms with E-state index in [0.717, 1.165) is 5.92 Å². The lowest BCUT2D eigenvalue weighted by molar-refractivity contribution is 0.0694. The van der Waals surface area contributed by atoms with Gasteiger partial charge in [-0.15, -0.1) is 0 Å². The van der Waals surface area contributed by atoms with Crippen LogP contribution in [0.4, 0.5) is 0 Å². The number of pyridine rings is 1. The molecule has 0 unspecified atom stereocenters. The second-order valence-corrected chi connectivity index (χ2v) is 6.91. The summed E-state index contributed by atoms with van der Waals surface area (Å²) < 4.78 is 12.5.